The molecule has 0 unspecified atom stereocenters. The van der Waals surface area contributed by atoms with Gasteiger partial charge in [-0.3, -0.25) is 0 Å². The first-order valence-electron chi connectivity index (χ1n) is 6.28. The van der Waals surface area contributed by atoms with Gasteiger partial charge in [-0.05, 0) is 24.1 Å². The lowest BCUT2D eigenvalue weighted by molar-refractivity contribution is 0.109. The highest BCUT2D eigenvalue weighted by molar-refractivity contribution is 9.10. The first kappa shape index (κ1) is 14.5. The second-order valence-corrected chi connectivity index (χ2v) is 6.21. The summed E-state index contributed by atoms with van der Waals surface area (Å²) in [5.41, 5.74) is 1.17. The third-order valence-corrected chi connectivity index (χ3v) is 3.90. The molecule has 102 valence electrons. The van der Waals surface area contributed by atoms with Crippen LogP contribution < -0.4 is 5.32 Å². The highest BCUT2D eigenvalue weighted by atomic mass is 79.9. The Morgan fingerprint density at radius 3 is 3.05 bits per heavy atom. The average Bonchev–Trinajstić information content (AvgIpc) is 2.84. The predicted octanol–water partition coefficient (Wildman–Crippen LogP) is 4.44. The van der Waals surface area contributed by atoms with Gasteiger partial charge in [0.25, 0.3) is 0 Å². The number of aromatic nitrogens is 1. The minimum absolute atomic E-state index is 0.609. The number of hydrogen-bond acceptors (Lipinski definition) is 4. The largest absolute Gasteiger partial charge is 0.371 e. The smallest absolute Gasteiger partial charge is 0.182 e. The Kier molecular flexibility index (Phi) is 5.82. The molecule has 2 rings (SSSR count). The molecule has 0 fully saturated rings. The average molecular weight is 341 g/mol. The van der Waals surface area contributed by atoms with E-state index in [1.165, 1.54) is 5.56 Å². The zero-order valence-corrected chi connectivity index (χ0v) is 13.3. The van der Waals surface area contributed by atoms with Gasteiger partial charge in [0.15, 0.2) is 5.13 Å². The number of halogens is 1. The molecule has 1 aromatic carbocycles. The quantitative estimate of drug-likeness (QED) is 0.808. The normalized spacial score (nSPS) is 10.6. The molecular formula is C14H17BrN2OS. The van der Waals surface area contributed by atoms with Crippen LogP contribution in [0.1, 0.15) is 23.8 Å². The van der Waals surface area contributed by atoms with Crippen molar-refractivity contribution in [3.05, 3.63) is 45.4 Å². The third kappa shape index (κ3) is 4.93. The maximum atomic E-state index is 5.70. The van der Waals surface area contributed by atoms with Crippen LogP contribution in [0.5, 0.6) is 0 Å². The minimum Gasteiger partial charge on any atom is -0.371 e. The summed E-state index contributed by atoms with van der Waals surface area (Å²) in [5.74, 6) is 0. The molecule has 1 heterocycles. The van der Waals surface area contributed by atoms with Gasteiger partial charge >= 0.3 is 0 Å². The summed E-state index contributed by atoms with van der Waals surface area (Å²) >= 11 is 5.11. The minimum atomic E-state index is 0.609. The van der Waals surface area contributed by atoms with Gasteiger partial charge in [-0.25, -0.2) is 4.98 Å². The van der Waals surface area contributed by atoms with Crippen molar-refractivity contribution >= 4 is 32.4 Å². The lowest BCUT2D eigenvalue weighted by Crippen LogP contribution is -1.97. The van der Waals surface area contributed by atoms with E-state index < -0.39 is 0 Å². The van der Waals surface area contributed by atoms with E-state index in [9.17, 15) is 0 Å². The standard InChI is InChI=1S/C14H17BrN2OS/c1-2-6-16-14-17-8-13(19-14)10-18-9-11-4-3-5-12(15)7-11/h3-5,7-8H,2,6,9-10H2,1H3,(H,16,17). The van der Waals surface area contributed by atoms with Gasteiger partial charge in [-0.1, -0.05) is 46.3 Å². The van der Waals surface area contributed by atoms with Crippen LogP contribution in [0.25, 0.3) is 0 Å². The second-order valence-electron chi connectivity index (χ2n) is 4.18. The monoisotopic (exact) mass is 340 g/mol. The van der Waals surface area contributed by atoms with E-state index in [1.807, 2.05) is 18.3 Å². The fraction of sp³-hybridized carbons (Fsp3) is 0.357. The van der Waals surface area contributed by atoms with Crippen molar-refractivity contribution in [1.29, 1.82) is 0 Å². The summed E-state index contributed by atoms with van der Waals surface area (Å²) in [6.45, 7) is 4.33. The van der Waals surface area contributed by atoms with Crippen molar-refractivity contribution in [2.45, 2.75) is 26.6 Å². The van der Waals surface area contributed by atoms with Gasteiger partial charge in [-0.15, -0.1) is 0 Å². The van der Waals surface area contributed by atoms with Crippen LogP contribution in [0.15, 0.2) is 34.9 Å². The molecule has 1 N–H and O–H groups in total. The van der Waals surface area contributed by atoms with Crippen LogP contribution in [0.3, 0.4) is 0 Å². The molecule has 0 aliphatic heterocycles. The Morgan fingerprint density at radius 1 is 1.37 bits per heavy atom. The van der Waals surface area contributed by atoms with Crippen molar-refractivity contribution in [2.75, 3.05) is 11.9 Å². The molecular weight excluding hydrogens is 324 g/mol. The molecule has 19 heavy (non-hydrogen) atoms. The summed E-state index contributed by atoms with van der Waals surface area (Å²) in [6.07, 6.45) is 2.98. The maximum Gasteiger partial charge on any atom is 0.182 e. The molecule has 0 aliphatic carbocycles. The van der Waals surface area contributed by atoms with Gasteiger partial charge in [0.05, 0.1) is 18.1 Å². The van der Waals surface area contributed by atoms with E-state index >= 15 is 0 Å². The summed E-state index contributed by atoms with van der Waals surface area (Å²) in [4.78, 5) is 5.46. The van der Waals surface area contributed by atoms with Crippen LogP contribution in [0.2, 0.25) is 0 Å². The van der Waals surface area contributed by atoms with Gasteiger partial charge in [0.2, 0.25) is 0 Å². The SMILES string of the molecule is CCCNc1ncc(COCc2cccc(Br)c2)s1. The molecule has 1 aromatic heterocycles. The van der Waals surface area contributed by atoms with Gasteiger partial charge in [0, 0.05) is 17.2 Å². The van der Waals surface area contributed by atoms with Gasteiger partial charge in [-0.2, -0.15) is 0 Å². The molecule has 0 saturated carbocycles. The molecule has 0 aliphatic rings. The lowest BCUT2D eigenvalue weighted by atomic mass is 10.2. The van der Waals surface area contributed by atoms with E-state index in [4.69, 9.17) is 4.74 Å². The number of rotatable bonds is 7. The zero-order valence-electron chi connectivity index (χ0n) is 10.9. The predicted molar refractivity (Wildman–Crippen MR) is 83.5 cm³/mol. The molecule has 0 saturated heterocycles. The molecule has 0 amide bonds. The highest BCUT2D eigenvalue weighted by Gasteiger charge is 2.02. The Hall–Kier alpha value is -0.910. The number of ether oxygens (including phenoxy) is 1. The van der Waals surface area contributed by atoms with Crippen molar-refractivity contribution in [3.63, 3.8) is 0 Å². The van der Waals surface area contributed by atoms with Crippen LogP contribution in [0.4, 0.5) is 5.13 Å². The first-order valence-corrected chi connectivity index (χ1v) is 7.89. The number of hydrogen-bond donors (Lipinski definition) is 1. The summed E-state index contributed by atoms with van der Waals surface area (Å²) in [5, 5.41) is 4.25. The number of nitrogens with zero attached hydrogens (tertiary/aromatic N) is 1. The van der Waals surface area contributed by atoms with E-state index in [-0.39, 0.29) is 0 Å². The summed E-state index contributed by atoms with van der Waals surface area (Å²) in [6, 6.07) is 8.16. The van der Waals surface area contributed by atoms with Crippen molar-refractivity contribution in [2.24, 2.45) is 0 Å². The van der Waals surface area contributed by atoms with Gasteiger partial charge < -0.3 is 10.1 Å². The molecule has 0 bridgehead atoms. The highest BCUT2D eigenvalue weighted by Crippen LogP contribution is 2.19. The van der Waals surface area contributed by atoms with E-state index in [1.54, 1.807) is 11.3 Å². The Labute approximate surface area is 126 Å². The molecule has 5 heteroatoms. The topological polar surface area (TPSA) is 34.2 Å². The van der Waals surface area contributed by atoms with Crippen molar-refractivity contribution < 1.29 is 4.74 Å². The molecule has 0 atom stereocenters. The molecule has 0 spiro atoms. The fourth-order valence-electron chi connectivity index (χ4n) is 1.58. The Balaban J connectivity index is 1.77. The zero-order chi connectivity index (χ0) is 13.5. The number of thiazole rings is 1. The van der Waals surface area contributed by atoms with E-state index in [2.05, 4.69) is 45.3 Å². The number of nitrogens with one attached hydrogen (secondary N) is 1. The van der Waals surface area contributed by atoms with Crippen LogP contribution in [-0.4, -0.2) is 11.5 Å². The second kappa shape index (κ2) is 7.62. The number of benzene rings is 1. The van der Waals surface area contributed by atoms with Crippen LogP contribution in [0, 0.1) is 0 Å². The lowest BCUT2D eigenvalue weighted by Gasteiger charge is -2.03. The van der Waals surface area contributed by atoms with Crippen molar-refractivity contribution in [1.82, 2.24) is 4.98 Å². The Morgan fingerprint density at radius 2 is 2.26 bits per heavy atom. The summed E-state index contributed by atoms with van der Waals surface area (Å²) < 4.78 is 6.78. The van der Waals surface area contributed by atoms with E-state index in [0.29, 0.717) is 13.2 Å². The third-order valence-electron chi connectivity index (χ3n) is 2.48. The molecule has 0 radical (unpaired) electrons. The van der Waals surface area contributed by atoms with E-state index in [0.717, 1.165) is 27.4 Å². The Bertz CT molecular complexity index is 516. The molecule has 3 nitrogen and oxygen atoms in total. The van der Waals surface area contributed by atoms with Gasteiger partial charge in [0.1, 0.15) is 0 Å². The summed E-state index contributed by atoms with van der Waals surface area (Å²) in [7, 11) is 0. The first-order chi connectivity index (χ1) is 9.28. The fourth-order valence-corrected chi connectivity index (χ4v) is 2.81. The maximum absolute atomic E-state index is 5.70. The van der Waals surface area contributed by atoms with Crippen LogP contribution in [-0.2, 0) is 18.0 Å². The van der Waals surface area contributed by atoms with Crippen LogP contribution >= 0.6 is 27.3 Å². The molecule has 2 aromatic rings. The van der Waals surface area contributed by atoms with Crippen molar-refractivity contribution in [3.8, 4) is 0 Å². The number of anilines is 1.